The van der Waals surface area contributed by atoms with Crippen LogP contribution in [0.3, 0.4) is 0 Å². The second-order valence-corrected chi connectivity index (χ2v) is 6.46. The Hall–Kier alpha value is -1.89. The Morgan fingerprint density at radius 3 is 2.64 bits per heavy atom. The van der Waals surface area contributed by atoms with E-state index < -0.39 is 0 Å². The number of halogens is 2. The molecule has 1 aromatic carbocycles. The molecule has 0 unspecified atom stereocenters. The van der Waals surface area contributed by atoms with Gasteiger partial charge in [-0.25, -0.2) is 0 Å². The first-order valence-corrected chi connectivity index (χ1v) is 8.77. The number of rotatable bonds is 5. The van der Waals surface area contributed by atoms with E-state index in [-0.39, 0.29) is 5.91 Å². The molecule has 25 heavy (non-hydrogen) atoms. The van der Waals surface area contributed by atoms with Gasteiger partial charge >= 0.3 is 0 Å². The quantitative estimate of drug-likeness (QED) is 0.863. The first-order chi connectivity index (χ1) is 12.1. The minimum atomic E-state index is -0.258. The van der Waals surface area contributed by atoms with Gasteiger partial charge in [-0.3, -0.25) is 4.79 Å². The van der Waals surface area contributed by atoms with Crippen molar-refractivity contribution in [1.82, 2.24) is 15.5 Å². The highest BCUT2D eigenvalue weighted by molar-refractivity contribution is 6.35. The van der Waals surface area contributed by atoms with E-state index in [0.29, 0.717) is 41.9 Å². The van der Waals surface area contributed by atoms with Crippen LogP contribution in [0.25, 0.3) is 0 Å². The predicted molar refractivity (Wildman–Crippen MR) is 97.6 cm³/mol. The van der Waals surface area contributed by atoms with Crippen molar-refractivity contribution in [3.63, 3.8) is 0 Å². The number of hydrogen-bond acceptors (Lipinski definition) is 5. The van der Waals surface area contributed by atoms with Gasteiger partial charge in [-0.1, -0.05) is 29.3 Å². The van der Waals surface area contributed by atoms with Crippen molar-refractivity contribution in [1.29, 1.82) is 0 Å². The van der Waals surface area contributed by atoms with Crippen LogP contribution in [-0.4, -0.2) is 49.0 Å². The van der Waals surface area contributed by atoms with Crippen molar-refractivity contribution in [3.05, 3.63) is 51.6 Å². The number of nitrogens with one attached hydrogen (secondary N) is 1. The molecule has 0 atom stereocenters. The molecule has 1 amide bonds. The number of anilines is 1. The van der Waals surface area contributed by atoms with Crippen LogP contribution in [0, 0.1) is 0 Å². The van der Waals surface area contributed by atoms with Crippen molar-refractivity contribution in [2.75, 3.05) is 37.7 Å². The monoisotopic (exact) mass is 380 g/mol. The Kier molecular flexibility index (Phi) is 6.07. The van der Waals surface area contributed by atoms with Gasteiger partial charge in [0.1, 0.15) is 0 Å². The van der Waals surface area contributed by atoms with E-state index in [0.717, 1.165) is 24.5 Å². The number of hydrogen-bond donors (Lipinski definition) is 1. The summed E-state index contributed by atoms with van der Waals surface area (Å²) in [5, 5.41) is 12.2. The fraction of sp³-hybridized carbons (Fsp3) is 0.353. The predicted octanol–water partition coefficient (Wildman–Crippen LogP) is 2.59. The average molecular weight is 381 g/mol. The number of aromatic nitrogens is 2. The molecule has 0 saturated carbocycles. The molecule has 1 aliphatic rings. The lowest BCUT2D eigenvalue weighted by Gasteiger charge is -2.27. The third kappa shape index (κ3) is 4.81. The normalized spacial score (nSPS) is 14.4. The zero-order valence-electron chi connectivity index (χ0n) is 13.5. The number of carbonyl (C=O) groups is 1. The van der Waals surface area contributed by atoms with Crippen LogP contribution >= 0.6 is 23.2 Å². The summed E-state index contributed by atoms with van der Waals surface area (Å²) in [5.41, 5.74) is 1.22. The summed E-state index contributed by atoms with van der Waals surface area (Å²) in [6, 6.07) is 8.82. The van der Waals surface area contributed by atoms with Gasteiger partial charge in [-0.05, 0) is 36.2 Å². The lowest BCUT2D eigenvalue weighted by Crippen LogP contribution is -2.37. The number of nitrogens with zero attached hydrogens (tertiary/aromatic N) is 3. The molecule has 6 nitrogen and oxygen atoms in total. The van der Waals surface area contributed by atoms with Gasteiger partial charge in [0, 0.05) is 29.7 Å². The Morgan fingerprint density at radius 2 is 1.96 bits per heavy atom. The van der Waals surface area contributed by atoms with Gasteiger partial charge in [-0.15, -0.1) is 10.2 Å². The topological polar surface area (TPSA) is 67.4 Å². The summed E-state index contributed by atoms with van der Waals surface area (Å²) in [5.74, 6) is 0.499. The van der Waals surface area contributed by atoms with Crippen LogP contribution in [0.15, 0.2) is 30.3 Å². The number of carbonyl (C=O) groups excluding carboxylic acids is 1. The zero-order valence-corrected chi connectivity index (χ0v) is 15.1. The number of amides is 1. The van der Waals surface area contributed by atoms with Crippen LogP contribution in [-0.2, 0) is 11.2 Å². The molecular formula is C17H18Cl2N4O2. The van der Waals surface area contributed by atoms with Crippen molar-refractivity contribution >= 4 is 34.9 Å². The summed E-state index contributed by atoms with van der Waals surface area (Å²) in [6.45, 7) is 3.37. The molecule has 132 valence electrons. The van der Waals surface area contributed by atoms with Crippen LogP contribution < -0.4 is 10.2 Å². The van der Waals surface area contributed by atoms with Crippen molar-refractivity contribution in [3.8, 4) is 0 Å². The third-order valence-electron chi connectivity index (χ3n) is 3.91. The van der Waals surface area contributed by atoms with Crippen LogP contribution in [0.1, 0.15) is 16.1 Å². The van der Waals surface area contributed by atoms with E-state index in [1.54, 1.807) is 18.2 Å². The van der Waals surface area contributed by atoms with E-state index in [2.05, 4.69) is 20.4 Å². The molecule has 1 aromatic heterocycles. The highest BCUT2D eigenvalue weighted by Crippen LogP contribution is 2.21. The maximum Gasteiger partial charge on any atom is 0.271 e. The molecule has 1 N–H and O–H groups in total. The molecule has 0 spiro atoms. The van der Waals surface area contributed by atoms with Gasteiger partial charge in [0.2, 0.25) is 0 Å². The van der Waals surface area contributed by atoms with Crippen molar-refractivity contribution < 1.29 is 9.53 Å². The first kappa shape index (κ1) is 17.9. The molecule has 3 rings (SSSR count). The zero-order chi connectivity index (χ0) is 17.6. The van der Waals surface area contributed by atoms with E-state index >= 15 is 0 Å². The van der Waals surface area contributed by atoms with E-state index in [4.69, 9.17) is 27.9 Å². The van der Waals surface area contributed by atoms with Gasteiger partial charge in [-0.2, -0.15) is 0 Å². The summed E-state index contributed by atoms with van der Waals surface area (Å²) in [6.07, 6.45) is 0.612. The van der Waals surface area contributed by atoms with E-state index in [1.807, 2.05) is 12.1 Å². The molecular weight excluding hydrogens is 363 g/mol. The molecule has 2 heterocycles. The SMILES string of the molecule is O=C(NCCc1ccc(Cl)cc1Cl)c1ccc(N2CCOCC2)nn1. The molecule has 0 bridgehead atoms. The fourth-order valence-corrected chi connectivity index (χ4v) is 3.04. The summed E-state index contributed by atoms with van der Waals surface area (Å²) in [7, 11) is 0. The Bertz CT molecular complexity index is 734. The number of ether oxygens (including phenoxy) is 1. The minimum absolute atomic E-state index is 0.258. The highest BCUT2D eigenvalue weighted by atomic mass is 35.5. The Morgan fingerprint density at radius 1 is 1.16 bits per heavy atom. The first-order valence-electron chi connectivity index (χ1n) is 8.02. The standard InChI is InChI=1S/C17H18Cl2N4O2/c18-13-2-1-12(14(19)11-13)5-6-20-17(24)15-3-4-16(22-21-15)23-7-9-25-10-8-23/h1-4,11H,5-10H2,(H,20,24). The summed E-state index contributed by atoms with van der Waals surface area (Å²) < 4.78 is 5.31. The average Bonchev–Trinajstić information content (AvgIpc) is 2.64. The van der Waals surface area contributed by atoms with Gasteiger partial charge in [0.25, 0.3) is 5.91 Å². The number of morpholine rings is 1. The van der Waals surface area contributed by atoms with Crippen molar-refractivity contribution in [2.45, 2.75) is 6.42 Å². The van der Waals surface area contributed by atoms with Gasteiger partial charge in [0.05, 0.1) is 13.2 Å². The maximum absolute atomic E-state index is 12.2. The second-order valence-electron chi connectivity index (χ2n) is 5.62. The smallest absolute Gasteiger partial charge is 0.271 e. The second kappa shape index (κ2) is 8.47. The molecule has 0 radical (unpaired) electrons. The molecule has 8 heteroatoms. The molecule has 1 saturated heterocycles. The number of benzene rings is 1. The minimum Gasteiger partial charge on any atom is -0.378 e. The lowest BCUT2D eigenvalue weighted by molar-refractivity contribution is 0.0948. The van der Waals surface area contributed by atoms with E-state index in [1.165, 1.54) is 0 Å². The Balaban J connectivity index is 1.52. The fourth-order valence-electron chi connectivity index (χ4n) is 2.53. The van der Waals surface area contributed by atoms with Gasteiger partial charge < -0.3 is 15.0 Å². The van der Waals surface area contributed by atoms with Crippen LogP contribution in [0.4, 0.5) is 5.82 Å². The molecule has 2 aromatic rings. The summed E-state index contributed by atoms with van der Waals surface area (Å²) >= 11 is 12.0. The summed E-state index contributed by atoms with van der Waals surface area (Å²) in [4.78, 5) is 14.2. The maximum atomic E-state index is 12.2. The molecule has 0 aliphatic carbocycles. The lowest BCUT2D eigenvalue weighted by atomic mass is 10.1. The Labute approximate surface area is 156 Å². The van der Waals surface area contributed by atoms with Gasteiger partial charge in [0.15, 0.2) is 11.5 Å². The molecule has 1 fully saturated rings. The van der Waals surface area contributed by atoms with Crippen LogP contribution in [0.2, 0.25) is 10.0 Å². The van der Waals surface area contributed by atoms with E-state index in [9.17, 15) is 4.79 Å². The highest BCUT2D eigenvalue weighted by Gasteiger charge is 2.14. The third-order valence-corrected chi connectivity index (χ3v) is 4.50. The largest absolute Gasteiger partial charge is 0.378 e. The molecule has 1 aliphatic heterocycles. The van der Waals surface area contributed by atoms with Crippen molar-refractivity contribution in [2.24, 2.45) is 0 Å². The van der Waals surface area contributed by atoms with Crippen LogP contribution in [0.5, 0.6) is 0 Å².